The molecule has 0 aliphatic heterocycles. The van der Waals surface area contributed by atoms with Gasteiger partial charge in [-0.25, -0.2) is 17.9 Å². The van der Waals surface area contributed by atoms with E-state index in [0.29, 0.717) is 6.54 Å². The van der Waals surface area contributed by atoms with Gasteiger partial charge in [0.1, 0.15) is 0 Å². The molecule has 2 rings (SSSR count). The van der Waals surface area contributed by atoms with Crippen molar-refractivity contribution in [3.8, 4) is 0 Å². The number of aromatic carboxylic acids is 1. The van der Waals surface area contributed by atoms with Gasteiger partial charge in [0, 0.05) is 11.3 Å². The fourth-order valence-corrected chi connectivity index (χ4v) is 3.62. The number of benzene rings is 1. The molecule has 0 atom stereocenters. The lowest BCUT2D eigenvalue weighted by Gasteiger charge is -2.13. The minimum Gasteiger partial charge on any atom is -0.478 e. The van der Waals surface area contributed by atoms with Crippen LogP contribution in [0.25, 0.3) is 0 Å². The monoisotopic (exact) mass is 301 g/mol. The number of carbonyl (C=O) groups is 1. The number of carboxylic acid groups (broad SMARTS) is 1. The minimum absolute atomic E-state index is 0.0497. The van der Waals surface area contributed by atoms with Gasteiger partial charge < -0.3 is 5.11 Å². The van der Waals surface area contributed by atoms with Crippen molar-refractivity contribution in [3.05, 3.63) is 29.8 Å². The summed E-state index contributed by atoms with van der Waals surface area (Å²) in [5.41, 5.74) is 0.0710. The second-order valence-electron chi connectivity index (χ2n) is 4.54. The predicted octanol–water partition coefficient (Wildman–Crippen LogP) is 1.56. The highest BCUT2D eigenvalue weighted by Gasteiger charge is 2.42. The van der Waals surface area contributed by atoms with Crippen LogP contribution in [0.15, 0.2) is 29.2 Å². The normalized spacial score (nSPS) is 17.1. The molecule has 0 bridgehead atoms. The maximum absolute atomic E-state index is 12.0. The van der Waals surface area contributed by atoms with Crippen LogP contribution in [0.2, 0.25) is 0 Å². The summed E-state index contributed by atoms with van der Waals surface area (Å²) in [6.45, 7) is 0.414. The highest BCUT2D eigenvalue weighted by Crippen LogP contribution is 2.46. The maximum atomic E-state index is 12.0. The van der Waals surface area contributed by atoms with Gasteiger partial charge >= 0.3 is 5.97 Å². The number of hydrogen-bond donors (Lipinski definition) is 2. The van der Waals surface area contributed by atoms with Crippen molar-refractivity contribution < 1.29 is 18.3 Å². The molecule has 0 amide bonds. The van der Waals surface area contributed by atoms with Gasteiger partial charge in [0.05, 0.1) is 10.5 Å². The Morgan fingerprint density at radius 1 is 1.37 bits per heavy atom. The molecule has 1 aliphatic rings. The van der Waals surface area contributed by atoms with Gasteiger partial charge in [-0.15, -0.1) is 0 Å². The molecule has 5 nitrogen and oxygen atoms in total. The van der Waals surface area contributed by atoms with Crippen molar-refractivity contribution in [2.75, 3.05) is 12.8 Å². The molecule has 0 aromatic heterocycles. The summed E-state index contributed by atoms with van der Waals surface area (Å²) in [5, 5.41) is 8.76. The van der Waals surface area contributed by atoms with Crippen LogP contribution in [0, 0.1) is 0 Å². The molecule has 2 N–H and O–H groups in total. The Labute approximate surface area is 116 Å². The van der Waals surface area contributed by atoms with E-state index in [4.69, 9.17) is 5.11 Å². The van der Waals surface area contributed by atoms with Crippen molar-refractivity contribution in [3.63, 3.8) is 0 Å². The third kappa shape index (κ3) is 3.29. The van der Waals surface area contributed by atoms with Crippen LogP contribution < -0.4 is 4.72 Å². The Bertz CT molecular complexity index is 576. The number of thioether (sulfide) groups is 1. The zero-order chi connectivity index (χ0) is 14.1. The second-order valence-corrected chi connectivity index (χ2v) is 7.58. The molecule has 1 saturated carbocycles. The van der Waals surface area contributed by atoms with Gasteiger partial charge in [0.2, 0.25) is 10.0 Å². The van der Waals surface area contributed by atoms with Gasteiger partial charge in [-0.2, -0.15) is 11.8 Å². The van der Waals surface area contributed by atoms with Crippen LogP contribution >= 0.6 is 11.8 Å². The first-order valence-corrected chi connectivity index (χ1v) is 8.48. The summed E-state index contributed by atoms with van der Waals surface area (Å²) < 4.78 is 26.7. The van der Waals surface area contributed by atoms with Gasteiger partial charge in [-0.1, -0.05) is 0 Å². The summed E-state index contributed by atoms with van der Waals surface area (Å²) in [5.74, 6) is -1.07. The number of nitrogens with one attached hydrogen (secondary N) is 1. The third-order valence-corrected chi connectivity index (χ3v) is 6.07. The van der Waals surface area contributed by atoms with E-state index in [1.165, 1.54) is 24.3 Å². The maximum Gasteiger partial charge on any atom is 0.335 e. The summed E-state index contributed by atoms with van der Waals surface area (Å²) in [6.07, 6.45) is 4.02. The van der Waals surface area contributed by atoms with E-state index in [1.54, 1.807) is 11.8 Å². The molecular weight excluding hydrogens is 286 g/mol. The highest BCUT2D eigenvalue weighted by molar-refractivity contribution is 8.00. The minimum atomic E-state index is -3.56. The zero-order valence-electron chi connectivity index (χ0n) is 10.4. The lowest BCUT2D eigenvalue weighted by Crippen LogP contribution is -2.31. The van der Waals surface area contributed by atoms with Crippen molar-refractivity contribution in [1.82, 2.24) is 4.72 Å². The van der Waals surface area contributed by atoms with E-state index in [9.17, 15) is 13.2 Å². The van der Waals surface area contributed by atoms with Gasteiger partial charge in [0.15, 0.2) is 0 Å². The first-order chi connectivity index (χ1) is 8.88. The van der Waals surface area contributed by atoms with Crippen LogP contribution in [0.3, 0.4) is 0 Å². The number of rotatable bonds is 6. The Hall–Kier alpha value is -1.05. The molecule has 0 spiro atoms. The standard InChI is InChI=1S/C12H15NO4S2/c1-18-12(6-7-12)8-13-19(16,17)10-4-2-9(3-5-10)11(14)15/h2-5,13H,6-8H2,1H3,(H,14,15). The van der Waals surface area contributed by atoms with E-state index in [2.05, 4.69) is 4.72 Å². The largest absolute Gasteiger partial charge is 0.478 e. The first-order valence-electron chi connectivity index (χ1n) is 5.77. The summed E-state index contributed by atoms with van der Waals surface area (Å²) >= 11 is 1.68. The molecule has 0 unspecified atom stereocenters. The summed E-state index contributed by atoms with van der Waals surface area (Å²) in [6, 6.07) is 5.20. The van der Waals surface area contributed by atoms with Crippen LogP contribution in [-0.4, -0.2) is 37.0 Å². The molecule has 0 radical (unpaired) electrons. The van der Waals surface area contributed by atoms with Crippen molar-refractivity contribution in [2.24, 2.45) is 0 Å². The Balaban J connectivity index is 2.08. The molecular formula is C12H15NO4S2. The molecule has 1 aromatic carbocycles. The quantitative estimate of drug-likeness (QED) is 0.833. The Kier molecular flexibility index (Phi) is 3.89. The van der Waals surface area contributed by atoms with E-state index in [1.807, 2.05) is 6.26 Å². The van der Waals surface area contributed by atoms with E-state index >= 15 is 0 Å². The van der Waals surface area contributed by atoms with Crippen LogP contribution in [-0.2, 0) is 10.0 Å². The molecule has 0 saturated heterocycles. The van der Waals surface area contributed by atoms with Gasteiger partial charge in [0.25, 0.3) is 0 Å². The number of hydrogen-bond acceptors (Lipinski definition) is 4. The van der Waals surface area contributed by atoms with Crippen LogP contribution in [0.1, 0.15) is 23.2 Å². The first kappa shape index (κ1) is 14.4. The van der Waals surface area contributed by atoms with E-state index < -0.39 is 16.0 Å². The third-order valence-electron chi connectivity index (χ3n) is 3.24. The van der Waals surface area contributed by atoms with Crippen molar-refractivity contribution >= 4 is 27.8 Å². The second kappa shape index (κ2) is 5.15. The summed E-state index contributed by atoms with van der Waals surface area (Å²) in [4.78, 5) is 10.8. The fourth-order valence-electron chi connectivity index (χ4n) is 1.68. The smallest absolute Gasteiger partial charge is 0.335 e. The highest BCUT2D eigenvalue weighted by atomic mass is 32.2. The molecule has 1 fully saturated rings. The molecule has 104 valence electrons. The Morgan fingerprint density at radius 2 is 1.95 bits per heavy atom. The molecule has 1 aliphatic carbocycles. The molecule has 0 heterocycles. The van der Waals surface area contributed by atoms with Crippen molar-refractivity contribution in [2.45, 2.75) is 22.5 Å². The predicted molar refractivity (Wildman–Crippen MR) is 74.1 cm³/mol. The average molecular weight is 301 g/mol. The van der Waals surface area contributed by atoms with E-state index in [0.717, 1.165) is 12.8 Å². The average Bonchev–Trinajstić information content (AvgIpc) is 3.17. The fraction of sp³-hybridized carbons (Fsp3) is 0.417. The Morgan fingerprint density at radius 3 is 2.37 bits per heavy atom. The molecule has 1 aromatic rings. The van der Waals surface area contributed by atoms with Crippen LogP contribution in [0.4, 0.5) is 0 Å². The van der Waals surface area contributed by atoms with Crippen molar-refractivity contribution in [1.29, 1.82) is 0 Å². The zero-order valence-corrected chi connectivity index (χ0v) is 12.1. The SMILES string of the molecule is CSC1(CNS(=O)(=O)c2ccc(C(=O)O)cc2)CC1. The molecule has 7 heteroatoms. The molecule has 19 heavy (non-hydrogen) atoms. The van der Waals surface area contributed by atoms with E-state index in [-0.39, 0.29) is 15.2 Å². The topological polar surface area (TPSA) is 83.5 Å². The number of carboxylic acids is 1. The van der Waals surface area contributed by atoms with Gasteiger partial charge in [-0.05, 0) is 43.4 Å². The van der Waals surface area contributed by atoms with Crippen LogP contribution in [0.5, 0.6) is 0 Å². The lowest BCUT2D eigenvalue weighted by atomic mass is 10.2. The number of sulfonamides is 1. The lowest BCUT2D eigenvalue weighted by molar-refractivity contribution is 0.0696. The summed E-state index contributed by atoms with van der Waals surface area (Å²) in [7, 11) is -3.56. The van der Waals surface area contributed by atoms with Gasteiger partial charge in [-0.3, -0.25) is 0 Å².